The highest BCUT2D eigenvalue weighted by molar-refractivity contribution is 7.09. The molecule has 84 valence electrons. The lowest BCUT2D eigenvalue weighted by molar-refractivity contribution is -0.115. The molecule has 0 fully saturated rings. The van der Waals surface area contributed by atoms with E-state index in [4.69, 9.17) is 0 Å². The van der Waals surface area contributed by atoms with E-state index >= 15 is 0 Å². The smallest absolute Gasteiger partial charge is 0.126 e. The summed E-state index contributed by atoms with van der Waals surface area (Å²) in [6.07, 6.45) is 1.02. The van der Waals surface area contributed by atoms with Gasteiger partial charge in [0.05, 0.1) is 11.2 Å². The zero-order valence-corrected chi connectivity index (χ0v) is 10.6. The molecule has 1 aromatic rings. The van der Waals surface area contributed by atoms with Crippen LogP contribution in [0, 0.1) is 12.3 Å². The Kier molecular flexibility index (Phi) is 3.99. The molecule has 1 heterocycles. The Hall–Kier alpha value is -0.740. The van der Waals surface area contributed by atoms with Crippen molar-refractivity contribution in [2.24, 2.45) is 5.41 Å². The zero-order valence-electron chi connectivity index (χ0n) is 9.78. The minimum absolute atomic E-state index is 0.270. The maximum absolute atomic E-state index is 10.8. The van der Waals surface area contributed by atoms with Crippen molar-refractivity contribution in [3.05, 3.63) is 16.1 Å². The monoisotopic (exact) mass is 226 g/mol. The quantitative estimate of drug-likeness (QED) is 0.721. The molecule has 15 heavy (non-hydrogen) atoms. The standard InChI is InChI=1S/C11H18N2OS/c1-9-10(15-8-12-9)5-13(4)6-11(2,3)7-14/h7-8H,5-6H2,1-4H3. The fourth-order valence-corrected chi connectivity index (χ4v) is 2.37. The summed E-state index contributed by atoms with van der Waals surface area (Å²) in [7, 11) is 2.03. The van der Waals surface area contributed by atoms with Crippen molar-refractivity contribution < 1.29 is 4.79 Å². The second-order valence-electron chi connectivity index (χ2n) is 4.64. The van der Waals surface area contributed by atoms with Gasteiger partial charge in [-0.25, -0.2) is 4.98 Å². The summed E-state index contributed by atoms with van der Waals surface area (Å²) in [6, 6.07) is 0. The van der Waals surface area contributed by atoms with E-state index in [1.807, 2.05) is 33.3 Å². The molecule has 3 nitrogen and oxygen atoms in total. The highest BCUT2D eigenvalue weighted by atomic mass is 32.1. The van der Waals surface area contributed by atoms with Gasteiger partial charge in [0.1, 0.15) is 6.29 Å². The molecule has 0 N–H and O–H groups in total. The number of carbonyl (C=O) groups excluding carboxylic acids is 1. The lowest BCUT2D eigenvalue weighted by Gasteiger charge is -2.24. The van der Waals surface area contributed by atoms with Gasteiger partial charge in [-0.05, 0) is 14.0 Å². The van der Waals surface area contributed by atoms with Crippen LogP contribution in [0.4, 0.5) is 0 Å². The molecule has 0 amide bonds. The molecule has 0 atom stereocenters. The number of hydrogen-bond donors (Lipinski definition) is 0. The van der Waals surface area contributed by atoms with Crippen molar-refractivity contribution >= 4 is 17.6 Å². The van der Waals surface area contributed by atoms with Crippen LogP contribution in [0.2, 0.25) is 0 Å². The SMILES string of the molecule is Cc1ncsc1CN(C)CC(C)(C)C=O. The molecule has 0 aromatic carbocycles. The highest BCUT2D eigenvalue weighted by Crippen LogP contribution is 2.18. The van der Waals surface area contributed by atoms with Crippen LogP contribution in [-0.4, -0.2) is 29.8 Å². The van der Waals surface area contributed by atoms with Crippen LogP contribution < -0.4 is 0 Å². The van der Waals surface area contributed by atoms with E-state index in [1.54, 1.807) is 11.3 Å². The van der Waals surface area contributed by atoms with Crippen LogP contribution in [0.3, 0.4) is 0 Å². The van der Waals surface area contributed by atoms with Gasteiger partial charge in [0, 0.05) is 23.4 Å². The van der Waals surface area contributed by atoms with E-state index in [1.165, 1.54) is 4.88 Å². The van der Waals surface area contributed by atoms with Crippen LogP contribution in [0.15, 0.2) is 5.51 Å². The summed E-state index contributed by atoms with van der Waals surface area (Å²) in [6.45, 7) is 7.57. The fraction of sp³-hybridized carbons (Fsp3) is 0.636. The van der Waals surface area contributed by atoms with Gasteiger partial charge in [0.15, 0.2) is 0 Å². The molecule has 1 aromatic heterocycles. The normalized spacial score (nSPS) is 12.1. The third-order valence-corrected chi connectivity index (χ3v) is 3.17. The number of hydrogen-bond acceptors (Lipinski definition) is 4. The Labute approximate surface area is 95.1 Å². The van der Waals surface area contributed by atoms with Crippen LogP contribution in [-0.2, 0) is 11.3 Å². The molecule has 4 heteroatoms. The van der Waals surface area contributed by atoms with E-state index < -0.39 is 0 Å². The number of aldehydes is 1. The molecule has 1 rings (SSSR count). The van der Waals surface area contributed by atoms with Crippen LogP contribution >= 0.6 is 11.3 Å². The molecular weight excluding hydrogens is 208 g/mol. The largest absolute Gasteiger partial charge is 0.303 e. The molecule has 0 saturated heterocycles. The molecule has 0 saturated carbocycles. The van der Waals surface area contributed by atoms with E-state index in [2.05, 4.69) is 9.88 Å². The Morgan fingerprint density at radius 1 is 1.60 bits per heavy atom. The molecular formula is C11H18N2OS. The van der Waals surface area contributed by atoms with Gasteiger partial charge < -0.3 is 9.69 Å². The van der Waals surface area contributed by atoms with E-state index in [9.17, 15) is 4.79 Å². The van der Waals surface area contributed by atoms with Gasteiger partial charge in [0.2, 0.25) is 0 Å². The molecule has 0 aliphatic heterocycles. The molecule has 0 radical (unpaired) electrons. The third-order valence-electron chi connectivity index (χ3n) is 2.25. The van der Waals surface area contributed by atoms with Gasteiger partial charge >= 0.3 is 0 Å². The average molecular weight is 226 g/mol. The van der Waals surface area contributed by atoms with Crippen molar-refractivity contribution in [3.63, 3.8) is 0 Å². The summed E-state index contributed by atoms with van der Waals surface area (Å²) in [5.41, 5.74) is 2.69. The van der Waals surface area contributed by atoms with Gasteiger partial charge in [0.25, 0.3) is 0 Å². The molecule has 0 aliphatic rings. The first-order valence-electron chi connectivity index (χ1n) is 4.98. The van der Waals surface area contributed by atoms with Gasteiger partial charge in [-0.2, -0.15) is 0 Å². The lowest BCUT2D eigenvalue weighted by atomic mass is 9.95. The maximum Gasteiger partial charge on any atom is 0.126 e. The third kappa shape index (κ3) is 3.72. The van der Waals surface area contributed by atoms with Crippen molar-refractivity contribution in [2.45, 2.75) is 27.3 Å². The molecule has 0 unspecified atom stereocenters. The number of nitrogens with zero attached hydrogens (tertiary/aromatic N) is 2. The topological polar surface area (TPSA) is 33.2 Å². The minimum atomic E-state index is -0.270. The second-order valence-corrected chi connectivity index (χ2v) is 5.58. The minimum Gasteiger partial charge on any atom is -0.303 e. The number of aromatic nitrogens is 1. The number of carbonyl (C=O) groups is 1. The molecule has 0 aliphatic carbocycles. The summed E-state index contributed by atoms with van der Waals surface area (Å²) in [4.78, 5) is 18.4. The van der Waals surface area contributed by atoms with Crippen molar-refractivity contribution in [1.29, 1.82) is 0 Å². The molecule has 0 bridgehead atoms. The number of aryl methyl sites for hydroxylation is 1. The number of rotatable bonds is 5. The van der Waals surface area contributed by atoms with Crippen molar-refractivity contribution in [3.8, 4) is 0 Å². The number of thiazole rings is 1. The first-order chi connectivity index (χ1) is 6.94. The fourth-order valence-electron chi connectivity index (χ4n) is 1.51. The second kappa shape index (κ2) is 4.86. The van der Waals surface area contributed by atoms with Crippen molar-refractivity contribution in [1.82, 2.24) is 9.88 Å². The summed E-state index contributed by atoms with van der Waals surface area (Å²) >= 11 is 1.67. The van der Waals surface area contributed by atoms with E-state index in [-0.39, 0.29) is 5.41 Å². The summed E-state index contributed by atoms with van der Waals surface area (Å²) in [5.74, 6) is 0. The Bertz CT molecular complexity index is 333. The predicted octanol–water partition coefficient (Wildman–Crippen LogP) is 2.11. The van der Waals surface area contributed by atoms with Crippen LogP contribution in [0.25, 0.3) is 0 Å². The Morgan fingerprint density at radius 2 is 2.27 bits per heavy atom. The summed E-state index contributed by atoms with van der Waals surface area (Å²) in [5, 5.41) is 0. The first kappa shape index (κ1) is 12.3. The Morgan fingerprint density at radius 3 is 2.73 bits per heavy atom. The molecule has 0 spiro atoms. The zero-order chi connectivity index (χ0) is 11.5. The Balaban J connectivity index is 2.53. The van der Waals surface area contributed by atoms with E-state index in [0.29, 0.717) is 0 Å². The van der Waals surface area contributed by atoms with Gasteiger partial charge in [-0.15, -0.1) is 11.3 Å². The van der Waals surface area contributed by atoms with E-state index in [0.717, 1.165) is 25.1 Å². The average Bonchev–Trinajstić information content (AvgIpc) is 2.51. The van der Waals surface area contributed by atoms with Gasteiger partial charge in [-0.1, -0.05) is 13.8 Å². The van der Waals surface area contributed by atoms with Crippen molar-refractivity contribution in [2.75, 3.05) is 13.6 Å². The lowest BCUT2D eigenvalue weighted by Crippen LogP contribution is -2.32. The summed E-state index contributed by atoms with van der Waals surface area (Å²) < 4.78 is 0. The van der Waals surface area contributed by atoms with Crippen LogP contribution in [0.1, 0.15) is 24.4 Å². The van der Waals surface area contributed by atoms with Crippen LogP contribution in [0.5, 0.6) is 0 Å². The predicted molar refractivity (Wildman–Crippen MR) is 63.0 cm³/mol. The highest BCUT2D eigenvalue weighted by Gasteiger charge is 2.19. The first-order valence-corrected chi connectivity index (χ1v) is 5.86. The van der Waals surface area contributed by atoms with Gasteiger partial charge in [-0.3, -0.25) is 0 Å². The maximum atomic E-state index is 10.8.